The number of benzene rings is 1. The van der Waals surface area contributed by atoms with E-state index >= 15 is 0 Å². The van der Waals surface area contributed by atoms with Crippen LogP contribution in [0.3, 0.4) is 0 Å². The van der Waals surface area contributed by atoms with Crippen molar-refractivity contribution < 1.29 is 9.59 Å². The minimum atomic E-state index is -0.393. The fourth-order valence-electron chi connectivity index (χ4n) is 3.37. The molecule has 0 spiro atoms. The monoisotopic (exact) mass is 415 g/mol. The second-order valence-corrected chi connectivity index (χ2v) is 7.20. The Morgan fingerprint density at radius 3 is 2.81 bits per heavy atom. The Balaban J connectivity index is 1.51. The van der Waals surface area contributed by atoms with Gasteiger partial charge in [-0.3, -0.25) is 9.78 Å². The Kier molecular flexibility index (Phi) is 5.31. The second-order valence-electron chi connectivity index (χ2n) is 7.20. The lowest BCUT2D eigenvalue weighted by atomic mass is 10.1. The van der Waals surface area contributed by atoms with E-state index in [-0.39, 0.29) is 11.6 Å². The van der Waals surface area contributed by atoms with Gasteiger partial charge in [-0.2, -0.15) is 0 Å². The van der Waals surface area contributed by atoms with Crippen molar-refractivity contribution >= 4 is 34.4 Å². The number of fused-ring (bicyclic) bond motifs is 1. The third-order valence-electron chi connectivity index (χ3n) is 4.82. The molecule has 4 aromatic rings. The molecular formula is C22H21N7O2. The predicted octanol–water partition coefficient (Wildman–Crippen LogP) is 2.81. The first-order chi connectivity index (χ1) is 14.9. The average molecular weight is 415 g/mol. The summed E-state index contributed by atoms with van der Waals surface area (Å²) in [6.45, 7) is 2.38. The topological polar surface area (TPSA) is 128 Å². The Morgan fingerprint density at radius 2 is 2.00 bits per heavy atom. The lowest BCUT2D eigenvalue weighted by Gasteiger charge is -2.09. The first-order valence-electron chi connectivity index (χ1n) is 9.58. The Morgan fingerprint density at radius 1 is 1.16 bits per heavy atom. The number of pyridine rings is 1. The van der Waals surface area contributed by atoms with Crippen LogP contribution in [0.25, 0.3) is 11.0 Å². The Hall–Kier alpha value is -4.27. The molecule has 0 aliphatic carbocycles. The van der Waals surface area contributed by atoms with Crippen LogP contribution in [0.4, 0.5) is 16.3 Å². The quantitative estimate of drug-likeness (QED) is 0.430. The first-order valence-corrected chi connectivity index (χ1v) is 9.58. The van der Waals surface area contributed by atoms with Gasteiger partial charge in [0.15, 0.2) is 5.78 Å². The number of rotatable bonds is 5. The minimum Gasteiger partial charge on any atom is -0.383 e. The number of ketones is 1. The summed E-state index contributed by atoms with van der Waals surface area (Å²) in [7, 11) is 1.78. The molecule has 0 unspecified atom stereocenters. The number of amides is 2. The van der Waals surface area contributed by atoms with E-state index < -0.39 is 6.03 Å². The van der Waals surface area contributed by atoms with E-state index in [1.54, 1.807) is 23.9 Å². The van der Waals surface area contributed by atoms with Gasteiger partial charge in [0.1, 0.15) is 17.8 Å². The van der Waals surface area contributed by atoms with E-state index in [0.717, 1.165) is 11.1 Å². The van der Waals surface area contributed by atoms with E-state index in [1.807, 2.05) is 31.2 Å². The van der Waals surface area contributed by atoms with Crippen molar-refractivity contribution in [2.75, 3.05) is 11.1 Å². The molecule has 0 saturated carbocycles. The molecule has 3 aromatic heterocycles. The summed E-state index contributed by atoms with van der Waals surface area (Å²) in [5.74, 6) is -0.0601. The Labute approximate surface area is 178 Å². The number of nitrogens with two attached hydrogens (primary N) is 1. The van der Waals surface area contributed by atoms with Gasteiger partial charge in [-0.1, -0.05) is 29.8 Å². The lowest BCUT2D eigenvalue weighted by Crippen LogP contribution is -2.28. The van der Waals surface area contributed by atoms with Crippen LogP contribution < -0.4 is 16.4 Å². The highest BCUT2D eigenvalue weighted by molar-refractivity contribution is 6.18. The Bertz CT molecular complexity index is 1300. The molecule has 9 nitrogen and oxygen atoms in total. The van der Waals surface area contributed by atoms with Gasteiger partial charge < -0.3 is 20.9 Å². The fourth-order valence-corrected chi connectivity index (χ4v) is 3.37. The molecule has 0 fully saturated rings. The molecule has 0 aliphatic heterocycles. The van der Waals surface area contributed by atoms with Gasteiger partial charge in [0.25, 0.3) is 0 Å². The highest BCUT2D eigenvalue weighted by atomic mass is 16.2. The van der Waals surface area contributed by atoms with E-state index in [2.05, 4.69) is 25.6 Å². The van der Waals surface area contributed by atoms with E-state index in [9.17, 15) is 9.59 Å². The molecule has 9 heteroatoms. The van der Waals surface area contributed by atoms with Crippen LogP contribution in [-0.4, -0.2) is 31.3 Å². The number of carbonyl (C=O) groups excluding carboxylic acids is 2. The van der Waals surface area contributed by atoms with Crippen molar-refractivity contribution in [2.45, 2.75) is 13.5 Å². The van der Waals surface area contributed by atoms with Crippen molar-refractivity contribution in [3.63, 3.8) is 0 Å². The molecule has 1 aromatic carbocycles. The first kappa shape index (κ1) is 20.0. The van der Waals surface area contributed by atoms with Gasteiger partial charge >= 0.3 is 6.03 Å². The average Bonchev–Trinajstić information content (AvgIpc) is 3.10. The van der Waals surface area contributed by atoms with Gasteiger partial charge in [-0.15, -0.1) is 0 Å². The number of aromatic nitrogens is 4. The highest BCUT2D eigenvalue weighted by Gasteiger charge is 2.20. The maximum absolute atomic E-state index is 13.1. The number of anilines is 2. The standard InChI is InChI=1S/C22H21N7O2/c1-13-4-3-5-14(6-13)8-25-22(31)28-16-7-15(9-24-10-16)19(30)17-11-29(2)21-18(17)20(23)26-12-27-21/h3-7,9-12H,8H2,1-2H3,(H2,23,26,27)(H2,25,28,31). The van der Waals surface area contributed by atoms with Crippen molar-refractivity contribution in [1.82, 2.24) is 24.8 Å². The lowest BCUT2D eigenvalue weighted by molar-refractivity contribution is 0.103. The largest absolute Gasteiger partial charge is 0.383 e. The zero-order valence-corrected chi connectivity index (χ0v) is 17.1. The van der Waals surface area contributed by atoms with Crippen molar-refractivity contribution in [1.29, 1.82) is 0 Å². The van der Waals surface area contributed by atoms with Crippen molar-refractivity contribution in [2.24, 2.45) is 7.05 Å². The molecule has 0 bridgehead atoms. The molecule has 2 amide bonds. The van der Waals surface area contributed by atoms with Crippen molar-refractivity contribution in [3.05, 3.63) is 77.5 Å². The molecule has 31 heavy (non-hydrogen) atoms. The van der Waals surface area contributed by atoms with Crippen LogP contribution in [0.5, 0.6) is 0 Å². The molecule has 0 atom stereocenters. The van der Waals surface area contributed by atoms with Gasteiger partial charge in [0.05, 0.1) is 22.8 Å². The van der Waals surface area contributed by atoms with E-state index in [0.29, 0.717) is 34.4 Å². The third kappa shape index (κ3) is 4.20. The predicted molar refractivity (Wildman–Crippen MR) is 118 cm³/mol. The van der Waals surface area contributed by atoms with Gasteiger partial charge in [-0.05, 0) is 18.6 Å². The smallest absolute Gasteiger partial charge is 0.319 e. The molecule has 0 radical (unpaired) electrons. The molecule has 4 rings (SSSR count). The van der Waals surface area contributed by atoms with E-state index in [1.165, 1.54) is 18.7 Å². The van der Waals surface area contributed by atoms with Crippen LogP contribution >= 0.6 is 0 Å². The van der Waals surface area contributed by atoms with Crippen LogP contribution in [0.2, 0.25) is 0 Å². The SMILES string of the molecule is Cc1cccc(CNC(=O)Nc2cncc(C(=O)c3cn(C)c4ncnc(N)c34)c2)c1. The number of nitrogens with one attached hydrogen (secondary N) is 2. The summed E-state index contributed by atoms with van der Waals surface area (Å²) in [6, 6.07) is 9.05. The highest BCUT2D eigenvalue weighted by Crippen LogP contribution is 2.25. The van der Waals surface area contributed by atoms with Crippen LogP contribution in [0.15, 0.2) is 55.2 Å². The summed E-state index contributed by atoms with van der Waals surface area (Å²) in [4.78, 5) is 37.6. The number of urea groups is 1. The van der Waals surface area contributed by atoms with Crippen molar-refractivity contribution in [3.8, 4) is 0 Å². The zero-order valence-electron chi connectivity index (χ0n) is 17.1. The van der Waals surface area contributed by atoms with Gasteiger partial charge in [-0.25, -0.2) is 14.8 Å². The molecule has 0 saturated heterocycles. The van der Waals surface area contributed by atoms with Gasteiger partial charge in [0.2, 0.25) is 0 Å². The fraction of sp³-hybridized carbons (Fsp3) is 0.136. The number of carbonyl (C=O) groups is 2. The summed E-state index contributed by atoms with van der Waals surface area (Å²) in [6.07, 6.45) is 5.93. The van der Waals surface area contributed by atoms with Crippen LogP contribution in [-0.2, 0) is 13.6 Å². The molecule has 156 valence electrons. The number of nitrogens with zero attached hydrogens (tertiary/aromatic N) is 4. The summed E-state index contributed by atoms with van der Waals surface area (Å²) in [5, 5.41) is 5.99. The molecule has 4 N–H and O–H groups in total. The number of hydrogen-bond acceptors (Lipinski definition) is 6. The zero-order chi connectivity index (χ0) is 22.0. The summed E-state index contributed by atoms with van der Waals surface area (Å²) >= 11 is 0. The number of hydrogen-bond donors (Lipinski definition) is 3. The van der Waals surface area contributed by atoms with E-state index in [4.69, 9.17) is 5.73 Å². The van der Waals surface area contributed by atoms with Crippen LogP contribution in [0, 0.1) is 6.92 Å². The normalized spacial score (nSPS) is 10.8. The molecule has 3 heterocycles. The maximum atomic E-state index is 13.1. The second kappa shape index (κ2) is 8.23. The van der Waals surface area contributed by atoms with Crippen LogP contribution in [0.1, 0.15) is 27.0 Å². The number of nitrogen functional groups attached to an aromatic ring is 1. The molecular weight excluding hydrogens is 394 g/mol. The maximum Gasteiger partial charge on any atom is 0.319 e. The number of aryl methyl sites for hydroxylation is 2. The third-order valence-corrected chi connectivity index (χ3v) is 4.82. The summed E-state index contributed by atoms with van der Waals surface area (Å²) < 4.78 is 1.72. The molecule has 0 aliphatic rings. The van der Waals surface area contributed by atoms with Gasteiger partial charge in [0, 0.05) is 31.5 Å². The summed E-state index contributed by atoms with van der Waals surface area (Å²) in [5.41, 5.74) is 9.74. The minimum absolute atomic E-state index is 0.228.